The van der Waals surface area contributed by atoms with Gasteiger partial charge in [-0.15, -0.1) is 0 Å². The van der Waals surface area contributed by atoms with Crippen molar-refractivity contribution in [3.63, 3.8) is 0 Å². The third-order valence-corrected chi connectivity index (χ3v) is 4.32. The third-order valence-electron chi connectivity index (χ3n) is 4.05. The van der Waals surface area contributed by atoms with Gasteiger partial charge in [-0.3, -0.25) is 0 Å². The molecule has 0 spiro atoms. The van der Waals surface area contributed by atoms with Crippen LogP contribution in [0.15, 0.2) is 54.7 Å². The van der Waals surface area contributed by atoms with Crippen LogP contribution < -0.4 is 10.6 Å². The fourth-order valence-electron chi connectivity index (χ4n) is 2.89. The number of nitrogens with zero attached hydrogens (tertiary/aromatic N) is 2. The van der Waals surface area contributed by atoms with Crippen molar-refractivity contribution in [2.45, 2.75) is 19.3 Å². The number of rotatable bonds is 0. The van der Waals surface area contributed by atoms with Gasteiger partial charge in [0.1, 0.15) is 5.02 Å². The Bertz CT molecular complexity index is 879. The molecule has 0 aliphatic carbocycles. The molecule has 3 aromatic rings. The van der Waals surface area contributed by atoms with Gasteiger partial charge in [-0.25, -0.2) is 4.98 Å². The topological polar surface area (TPSA) is 49.8 Å². The van der Waals surface area contributed by atoms with Crippen molar-refractivity contribution in [3.8, 4) is 0 Å². The molecular formula is C19H17ClN4. The van der Waals surface area contributed by atoms with Gasteiger partial charge in [0.15, 0.2) is 5.82 Å². The zero-order chi connectivity index (χ0) is 16.4. The van der Waals surface area contributed by atoms with Gasteiger partial charge in [-0.05, 0) is 54.7 Å². The molecule has 4 nitrogen and oxygen atoms in total. The molecule has 120 valence electrons. The van der Waals surface area contributed by atoms with Gasteiger partial charge in [0.2, 0.25) is 5.95 Å². The molecule has 0 saturated heterocycles. The minimum Gasteiger partial charge on any atom is -0.339 e. The van der Waals surface area contributed by atoms with Gasteiger partial charge in [-0.1, -0.05) is 35.9 Å². The molecule has 4 rings (SSSR count). The van der Waals surface area contributed by atoms with Crippen molar-refractivity contribution >= 4 is 34.7 Å². The molecule has 1 aromatic heterocycles. The molecule has 0 radical (unpaired) electrons. The molecule has 24 heavy (non-hydrogen) atoms. The molecule has 0 saturated carbocycles. The van der Waals surface area contributed by atoms with Crippen molar-refractivity contribution in [1.29, 1.82) is 0 Å². The second-order valence-electron chi connectivity index (χ2n) is 5.89. The molecule has 2 aromatic carbocycles. The summed E-state index contributed by atoms with van der Waals surface area (Å²) in [5.41, 5.74) is 4.57. The fourth-order valence-corrected chi connectivity index (χ4v) is 3.02. The van der Waals surface area contributed by atoms with E-state index in [9.17, 15) is 0 Å². The summed E-state index contributed by atoms with van der Waals surface area (Å²) in [6.45, 7) is 0. The first-order valence-corrected chi connectivity index (χ1v) is 8.38. The summed E-state index contributed by atoms with van der Waals surface area (Å²) in [5.74, 6) is 1.12. The van der Waals surface area contributed by atoms with E-state index in [4.69, 9.17) is 11.6 Å². The molecule has 1 aliphatic heterocycles. The van der Waals surface area contributed by atoms with E-state index in [2.05, 4.69) is 57.0 Å². The number of aryl methyl sites for hydroxylation is 2. The van der Waals surface area contributed by atoms with Gasteiger partial charge in [0, 0.05) is 11.4 Å². The maximum absolute atomic E-state index is 6.24. The Morgan fingerprint density at radius 1 is 0.875 bits per heavy atom. The summed E-state index contributed by atoms with van der Waals surface area (Å²) < 4.78 is 0. The number of hydrogen-bond acceptors (Lipinski definition) is 4. The molecule has 5 heteroatoms. The highest BCUT2D eigenvalue weighted by atomic mass is 35.5. The summed E-state index contributed by atoms with van der Waals surface area (Å²) in [5, 5.41) is 7.03. The standard InChI is InChI=1S/C19H17ClN4/c20-17-12-21-19-23-16-9-3-7-14(11-16)5-1-4-13-6-2-8-15(10-13)22-18(17)24-19/h2-3,6-12H,1,4-5H2,(H2,21,22,23,24). The molecule has 6 bridgehead atoms. The number of hydrogen-bond donors (Lipinski definition) is 2. The lowest BCUT2D eigenvalue weighted by Gasteiger charge is -2.13. The Morgan fingerprint density at radius 3 is 2.25 bits per heavy atom. The van der Waals surface area contributed by atoms with E-state index in [0.29, 0.717) is 16.8 Å². The highest BCUT2D eigenvalue weighted by Gasteiger charge is 2.08. The smallest absolute Gasteiger partial charge is 0.229 e. The highest BCUT2D eigenvalue weighted by molar-refractivity contribution is 6.32. The zero-order valence-electron chi connectivity index (χ0n) is 13.1. The lowest BCUT2D eigenvalue weighted by molar-refractivity contribution is 0.821. The van der Waals surface area contributed by atoms with Crippen LogP contribution in [-0.2, 0) is 12.8 Å². The Hall–Kier alpha value is -2.59. The van der Waals surface area contributed by atoms with Crippen LogP contribution in [0, 0.1) is 0 Å². The summed E-state index contributed by atoms with van der Waals surface area (Å²) in [6, 6.07) is 16.7. The Balaban J connectivity index is 1.77. The predicted octanol–water partition coefficient (Wildman–Crippen LogP) is 5.11. The van der Waals surface area contributed by atoms with Gasteiger partial charge >= 0.3 is 0 Å². The number of nitrogens with one attached hydrogen (secondary N) is 2. The average molecular weight is 337 g/mol. The van der Waals surface area contributed by atoms with Gasteiger partial charge in [-0.2, -0.15) is 4.98 Å². The minimum absolute atomic E-state index is 0.492. The normalized spacial score (nSPS) is 13.4. The quantitative estimate of drug-likeness (QED) is 0.599. The monoisotopic (exact) mass is 336 g/mol. The summed E-state index contributed by atoms with van der Waals surface area (Å²) in [4.78, 5) is 8.77. The zero-order valence-corrected chi connectivity index (χ0v) is 13.8. The summed E-state index contributed by atoms with van der Waals surface area (Å²) >= 11 is 6.24. The van der Waals surface area contributed by atoms with Crippen LogP contribution in [0.25, 0.3) is 0 Å². The van der Waals surface area contributed by atoms with Crippen LogP contribution in [0.4, 0.5) is 23.1 Å². The second-order valence-corrected chi connectivity index (χ2v) is 6.30. The number of benzene rings is 2. The van der Waals surface area contributed by atoms with Gasteiger partial charge in [0.25, 0.3) is 0 Å². The predicted molar refractivity (Wildman–Crippen MR) is 98.5 cm³/mol. The second kappa shape index (κ2) is 6.49. The maximum atomic E-state index is 6.24. The first-order valence-electron chi connectivity index (χ1n) is 8.01. The highest BCUT2D eigenvalue weighted by Crippen LogP contribution is 2.26. The van der Waals surface area contributed by atoms with E-state index >= 15 is 0 Å². The van der Waals surface area contributed by atoms with Crippen LogP contribution in [0.5, 0.6) is 0 Å². The van der Waals surface area contributed by atoms with E-state index in [1.54, 1.807) is 6.20 Å². The molecule has 1 aliphatic rings. The first-order chi connectivity index (χ1) is 11.8. The average Bonchev–Trinajstić information content (AvgIpc) is 2.58. The van der Waals surface area contributed by atoms with Crippen LogP contribution in [0.1, 0.15) is 17.5 Å². The molecule has 0 atom stereocenters. The van der Waals surface area contributed by atoms with Crippen molar-refractivity contribution in [1.82, 2.24) is 9.97 Å². The van der Waals surface area contributed by atoms with E-state index in [-0.39, 0.29) is 0 Å². The van der Waals surface area contributed by atoms with E-state index in [1.165, 1.54) is 11.1 Å². The van der Waals surface area contributed by atoms with Crippen molar-refractivity contribution < 1.29 is 0 Å². The van der Waals surface area contributed by atoms with Crippen LogP contribution >= 0.6 is 11.6 Å². The van der Waals surface area contributed by atoms with Crippen LogP contribution in [-0.4, -0.2) is 9.97 Å². The number of fused-ring (bicyclic) bond motifs is 6. The van der Waals surface area contributed by atoms with E-state index < -0.39 is 0 Å². The molecule has 0 amide bonds. The van der Waals surface area contributed by atoms with Crippen molar-refractivity contribution in [3.05, 3.63) is 70.9 Å². The minimum atomic E-state index is 0.492. The molecule has 2 N–H and O–H groups in total. The van der Waals surface area contributed by atoms with E-state index in [1.807, 2.05) is 12.1 Å². The Labute approximate surface area is 145 Å². The number of anilines is 4. The summed E-state index contributed by atoms with van der Waals surface area (Å²) in [6.07, 6.45) is 4.80. The van der Waals surface area contributed by atoms with Crippen molar-refractivity contribution in [2.75, 3.05) is 10.6 Å². The molecule has 0 unspecified atom stereocenters. The lowest BCUT2D eigenvalue weighted by atomic mass is 10.0. The van der Waals surface area contributed by atoms with Gasteiger partial charge < -0.3 is 10.6 Å². The molecular weight excluding hydrogens is 320 g/mol. The number of halogens is 1. The summed E-state index contributed by atoms with van der Waals surface area (Å²) in [7, 11) is 0. The fraction of sp³-hybridized carbons (Fsp3) is 0.158. The van der Waals surface area contributed by atoms with E-state index in [0.717, 1.165) is 30.6 Å². The molecule has 0 fully saturated rings. The van der Waals surface area contributed by atoms with Crippen LogP contribution in [0.2, 0.25) is 5.02 Å². The Morgan fingerprint density at radius 2 is 1.54 bits per heavy atom. The maximum Gasteiger partial charge on any atom is 0.229 e. The number of aromatic nitrogens is 2. The van der Waals surface area contributed by atoms with Gasteiger partial charge in [0.05, 0.1) is 6.20 Å². The lowest BCUT2D eigenvalue weighted by Crippen LogP contribution is -2.03. The largest absolute Gasteiger partial charge is 0.339 e. The van der Waals surface area contributed by atoms with Crippen LogP contribution in [0.3, 0.4) is 0 Å². The molecule has 2 heterocycles. The van der Waals surface area contributed by atoms with Crippen molar-refractivity contribution in [2.24, 2.45) is 0 Å². The SMILES string of the molecule is Clc1cnc2nc1Nc1cccc(c1)CCCc1cccc(c1)N2. The Kier molecular flexibility index (Phi) is 4.05. The third kappa shape index (κ3) is 3.34. The first kappa shape index (κ1) is 15.0.